The molecule has 0 aliphatic carbocycles. The summed E-state index contributed by atoms with van der Waals surface area (Å²) < 4.78 is 16.7. The Morgan fingerprint density at radius 2 is 0.738 bits per heavy atom. The van der Waals surface area contributed by atoms with Crippen LogP contribution in [0.4, 0.5) is 0 Å². The molecule has 0 amide bonds. The maximum absolute atomic E-state index is 12.7. The largest absolute Gasteiger partial charge is 0.462 e. The number of carbonyl (C=O) groups is 3. The number of carbonyl (C=O) groups excluding carboxylic acids is 3. The fourth-order valence-corrected chi connectivity index (χ4v) is 6.23. The second-order valence-electron chi connectivity index (χ2n) is 15.7. The van der Waals surface area contributed by atoms with Gasteiger partial charge in [0.1, 0.15) is 13.2 Å². The number of allylic oxidation sites excluding steroid dienone is 18. The molecular formula is C55H88O6. The zero-order valence-electron chi connectivity index (χ0n) is 39.1. The van der Waals surface area contributed by atoms with Gasteiger partial charge in [0.25, 0.3) is 0 Å². The van der Waals surface area contributed by atoms with Gasteiger partial charge in [-0.05, 0) is 83.5 Å². The number of unbranched alkanes of at least 4 members (excludes halogenated alkanes) is 17. The lowest BCUT2D eigenvalue weighted by molar-refractivity contribution is -0.167. The summed E-state index contributed by atoms with van der Waals surface area (Å²) in [5, 5.41) is 0. The van der Waals surface area contributed by atoms with Gasteiger partial charge in [0.15, 0.2) is 6.10 Å². The van der Waals surface area contributed by atoms with Crippen LogP contribution in [0.3, 0.4) is 0 Å². The van der Waals surface area contributed by atoms with Crippen molar-refractivity contribution in [3.05, 3.63) is 109 Å². The molecule has 0 bridgehead atoms. The van der Waals surface area contributed by atoms with Crippen LogP contribution in [0.15, 0.2) is 109 Å². The molecule has 0 heterocycles. The van der Waals surface area contributed by atoms with Gasteiger partial charge in [0, 0.05) is 19.3 Å². The van der Waals surface area contributed by atoms with E-state index in [1.165, 1.54) is 64.2 Å². The summed E-state index contributed by atoms with van der Waals surface area (Å²) in [5.74, 6) is -1.01. The molecule has 0 radical (unpaired) electrons. The Kier molecular flexibility index (Phi) is 45.6. The lowest BCUT2D eigenvalue weighted by Crippen LogP contribution is -2.30. The Hall–Kier alpha value is -3.93. The highest BCUT2D eigenvalue weighted by Crippen LogP contribution is 2.13. The molecule has 0 saturated heterocycles. The average Bonchev–Trinajstić information content (AvgIpc) is 3.26. The van der Waals surface area contributed by atoms with Crippen molar-refractivity contribution in [3.8, 4) is 0 Å². The molecule has 61 heavy (non-hydrogen) atoms. The van der Waals surface area contributed by atoms with Crippen LogP contribution in [0.2, 0.25) is 0 Å². The predicted molar refractivity (Wildman–Crippen MR) is 260 cm³/mol. The zero-order valence-corrected chi connectivity index (χ0v) is 39.1. The quantitative estimate of drug-likeness (QED) is 0.0200. The molecule has 0 fully saturated rings. The summed E-state index contributed by atoms with van der Waals surface area (Å²) >= 11 is 0. The van der Waals surface area contributed by atoms with E-state index in [0.717, 1.165) is 89.9 Å². The zero-order chi connectivity index (χ0) is 44.4. The van der Waals surface area contributed by atoms with Crippen molar-refractivity contribution in [2.45, 2.75) is 207 Å². The van der Waals surface area contributed by atoms with E-state index in [1.807, 2.05) is 54.7 Å². The van der Waals surface area contributed by atoms with Crippen LogP contribution in [0.5, 0.6) is 0 Å². The molecule has 0 N–H and O–H groups in total. The first kappa shape index (κ1) is 57.1. The molecule has 0 aromatic heterocycles. The van der Waals surface area contributed by atoms with E-state index in [2.05, 4.69) is 75.5 Å². The molecule has 1 unspecified atom stereocenters. The molecule has 344 valence electrons. The minimum atomic E-state index is -0.821. The van der Waals surface area contributed by atoms with Crippen molar-refractivity contribution in [1.82, 2.24) is 0 Å². The molecule has 0 aliphatic heterocycles. The van der Waals surface area contributed by atoms with Crippen molar-refractivity contribution in [2.24, 2.45) is 0 Å². The third-order valence-corrected chi connectivity index (χ3v) is 9.87. The van der Waals surface area contributed by atoms with Gasteiger partial charge >= 0.3 is 17.9 Å². The molecule has 6 nitrogen and oxygen atoms in total. The van der Waals surface area contributed by atoms with E-state index in [9.17, 15) is 14.4 Å². The monoisotopic (exact) mass is 845 g/mol. The number of hydrogen-bond donors (Lipinski definition) is 0. The maximum atomic E-state index is 12.7. The third-order valence-electron chi connectivity index (χ3n) is 9.87. The van der Waals surface area contributed by atoms with E-state index in [1.54, 1.807) is 0 Å². The molecule has 0 saturated carbocycles. The second kappa shape index (κ2) is 48.7. The van der Waals surface area contributed by atoms with Crippen molar-refractivity contribution in [1.29, 1.82) is 0 Å². The normalized spacial score (nSPS) is 13.0. The fraction of sp³-hybridized carbons (Fsp3) is 0.618. The number of rotatable bonds is 42. The van der Waals surface area contributed by atoms with Crippen molar-refractivity contribution < 1.29 is 28.6 Å². The van der Waals surface area contributed by atoms with E-state index >= 15 is 0 Å². The van der Waals surface area contributed by atoms with Crippen LogP contribution in [0.25, 0.3) is 0 Å². The fourth-order valence-electron chi connectivity index (χ4n) is 6.23. The maximum Gasteiger partial charge on any atom is 0.306 e. The Bertz CT molecular complexity index is 1290. The third kappa shape index (κ3) is 47.0. The van der Waals surface area contributed by atoms with Crippen LogP contribution in [-0.2, 0) is 28.6 Å². The predicted octanol–water partition coefficient (Wildman–Crippen LogP) is 16.0. The van der Waals surface area contributed by atoms with Gasteiger partial charge in [0.2, 0.25) is 0 Å². The first-order valence-electron chi connectivity index (χ1n) is 24.5. The molecule has 0 aromatic rings. The van der Waals surface area contributed by atoms with E-state index in [-0.39, 0.29) is 37.5 Å². The molecule has 6 heteroatoms. The van der Waals surface area contributed by atoms with Crippen molar-refractivity contribution in [3.63, 3.8) is 0 Å². The molecule has 0 aromatic carbocycles. The molecule has 0 spiro atoms. The Morgan fingerprint density at radius 1 is 0.361 bits per heavy atom. The summed E-state index contributed by atoms with van der Waals surface area (Å²) in [7, 11) is 0. The summed E-state index contributed by atoms with van der Waals surface area (Å²) in [6, 6.07) is 0. The lowest BCUT2D eigenvalue weighted by atomic mass is 10.1. The van der Waals surface area contributed by atoms with E-state index in [4.69, 9.17) is 14.2 Å². The van der Waals surface area contributed by atoms with Crippen LogP contribution < -0.4 is 0 Å². The van der Waals surface area contributed by atoms with Crippen LogP contribution in [0, 0.1) is 0 Å². The topological polar surface area (TPSA) is 78.9 Å². The van der Waals surface area contributed by atoms with Gasteiger partial charge in [-0.1, -0.05) is 207 Å². The van der Waals surface area contributed by atoms with Crippen LogP contribution in [-0.4, -0.2) is 37.2 Å². The van der Waals surface area contributed by atoms with Crippen LogP contribution in [0.1, 0.15) is 201 Å². The summed E-state index contributed by atoms with van der Waals surface area (Å²) in [6.07, 6.45) is 65.1. The van der Waals surface area contributed by atoms with Gasteiger partial charge in [-0.25, -0.2) is 0 Å². The van der Waals surface area contributed by atoms with Gasteiger partial charge in [-0.15, -0.1) is 0 Å². The lowest BCUT2D eigenvalue weighted by Gasteiger charge is -2.18. The van der Waals surface area contributed by atoms with Gasteiger partial charge < -0.3 is 14.2 Å². The SMILES string of the molecule is CC\C=C/C=C\C=C/C=C\C=C/CCCC(=O)OC(COC(=O)CCCCCCC/C=C\CCCC)COC(=O)CCCCCCCCCCC/C=C\C/C=C\C/C=C\CC. The highest BCUT2D eigenvalue weighted by atomic mass is 16.6. The smallest absolute Gasteiger partial charge is 0.306 e. The van der Waals surface area contributed by atoms with Crippen LogP contribution >= 0.6 is 0 Å². The first-order chi connectivity index (χ1) is 30.0. The van der Waals surface area contributed by atoms with E-state index in [0.29, 0.717) is 19.3 Å². The van der Waals surface area contributed by atoms with Crippen molar-refractivity contribution >= 4 is 17.9 Å². The number of esters is 3. The molecule has 1 atom stereocenters. The summed E-state index contributed by atoms with van der Waals surface area (Å²) in [4.78, 5) is 37.8. The van der Waals surface area contributed by atoms with Gasteiger partial charge in [-0.3, -0.25) is 14.4 Å². The minimum absolute atomic E-state index is 0.114. The number of hydrogen-bond acceptors (Lipinski definition) is 6. The Morgan fingerprint density at radius 3 is 1.25 bits per heavy atom. The average molecular weight is 845 g/mol. The highest BCUT2D eigenvalue weighted by molar-refractivity contribution is 5.71. The molecular weight excluding hydrogens is 757 g/mol. The summed E-state index contributed by atoms with van der Waals surface area (Å²) in [6.45, 7) is 6.25. The minimum Gasteiger partial charge on any atom is -0.462 e. The number of ether oxygens (including phenoxy) is 3. The Labute approximate surface area is 374 Å². The molecule has 0 aliphatic rings. The van der Waals surface area contributed by atoms with Crippen molar-refractivity contribution in [2.75, 3.05) is 13.2 Å². The highest BCUT2D eigenvalue weighted by Gasteiger charge is 2.19. The van der Waals surface area contributed by atoms with E-state index < -0.39 is 6.10 Å². The second-order valence-corrected chi connectivity index (χ2v) is 15.7. The Balaban J connectivity index is 4.45. The van der Waals surface area contributed by atoms with Gasteiger partial charge in [0.05, 0.1) is 0 Å². The standard InChI is InChI=1S/C55H88O6/c1-4-7-10-13-16-19-22-24-25-26-27-28-29-31-33-36-39-42-45-48-54(57)60-51-52(50-59-53(56)47-44-41-38-35-32-21-18-15-12-9-6-3)61-55(58)49-46-43-40-37-34-30-23-20-17-14-11-8-5-2/h7-8,10-11,14-20,23-25,30,34,37,40,52H,4-6,9,12-13,21-22,26-29,31-33,35-36,38-39,41-51H2,1-3H3/b10-7-,11-8-,17-14-,18-15-,19-16-,23-20-,25-24-,34-30-,40-37-. The summed E-state index contributed by atoms with van der Waals surface area (Å²) in [5.41, 5.74) is 0. The first-order valence-corrected chi connectivity index (χ1v) is 24.5. The van der Waals surface area contributed by atoms with Gasteiger partial charge in [-0.2, -0.15) is 0 Å². The molecule has 0 rings (SSSR count).